The third kappa shape index (κ3) is 3.63. The van der Waals surface area contributed by atoms with E-state index in [-0.39, 0.29) is 11.8 Å². The smallest absolute Gasteiger partial charge is 0.317 e. The number of likely N-dealkylation sites (tertiary alicyclic amines) is 1. The van der Waals surface area contributed by atoms with Gasteiger partial charge in [-0.05, 0) is 44.0 Å². The Hall–Kier alpha value is -2.96. The molecule has 2 aromatic heterocycles. The van der Waals surface area contributed by atoms with Gasteiger partial charge in [-0.3, -0.25) is 4.98 Å². The third-order valence-electron chi connectivity index (χ3n) is 5.10. The summed E-state index contributed by atoms with van der Waals surface area (Å²) < 4.78 is 15.2. The molecule has 7 heteroatoms. The molecule has 0 saturated carbocycles. The summed E-state index contributed by atoms with van der Waals surface area (Å²) in [5.74, 6) is 0.635. The number of benzene rings is 1. The maximum atomic E-state index is 12.9. The number of carbonyl (C=O) groups is 1. The predicted molar refractivity (Wildman–Crippen MR) is 101 cm³/mol. The van der Waals surface area contributed by atoms with Crippen molar-refractivity contribution < 1.29 is 9.18 Å². The second kappa shape index (κ2) is 7.34. The van der Waals surface area contributed by atoms with Crippen LogP contribution in [0.1, 0.15) is 30.4 Å². The van der Waals surface area contributed by atoms with Crippen molar-refractivity contribution in [3.8, 4) is 0 Å². The van der Waals surface area contributed by atoms with E-state index in [1.807, 2.05) is 30.0 Å². The lowest BCUT2D eigenvalue weighted by atomic mass is 10.0. The number of hydrogen-bond donors (Lipinski definition) is 1. The van der Waals surface area contributed by atoms with Crippen LogP contribution in [0.5, 0.6) is 0 Å². The number of aromatic nitrogens is 3. The molecule has 3 heterocycles. The first-order valence-corrected chi connectivity index (χ1v) is 9.18. The zero-order valence-corrected chi connectivity index (χ0v) is 15.2. The first-order valence-electron chi connectivity index (χ1n) is 9.18. The molecule has 0 bridgehead atoms. The van der Waals surface area contributed by atoms with E-state index in [4.69, 9.17) is 0 Å². The van der Waals surface area contributed by atoms with E-state index >= 15 is 0 Å². The van der Waals surface area contributed by atoms with Gasteiger partial charge in [0, 0.05) is 19.1 Å². The molecule has 4 rings (SSSR count). The summed E-state index contributed by atoms with van der Waals surface area (Å²) in [7, 11) is 0. The molecule has 1 fully saturated rings. The molecular formula is C20H22FN5O. The van der Waals surface area contributed by atoms with Gasteiger partial charge in [-0.2, -0.15) is 0 Å². The molecule has 0 spiro atoms. The van der Waals surface area contributed by atoms with Gasteiger partial charge >= 0.3 is 6.03 Å². The van der Waals surface area contributed by atoms with Crippen LogP contribution in [0.3, 0.4) is 0 Å². The average molecular weight is 367 g/mol. The second-order valence-electron chi connectivity index (χ2n) is 6.86. The number of para-hydroxylation sites is 2. The highest BCUT2D eigenvalue weighted by Crippen LogP contribution is 2.28. The van der Waals surface area contributed by atoms with Crippen LogP contribution in [-0.4, -0.2) is 38.6 Å². The minimum absolute atomic E-state index is 0.105. The van der Waals surface area contributed by atoms with Crippen LogP contribution in [0, 0.1) is 12.7 Å². The standard InChI is InChI=1S/C20H22FN5O/c1-14-24-18-4-2-3-5-19(18)26(14)17-8-10-25(11-9-17)20(27)23-13-16-7-6-15(21)12-22-16/h2-7,12,17H,8-11,13H2,1H3,(H,23,27). The van der Waals surface area contributed by atoms with Crippen molar-refractivity contribution in [3.63, 3.8) is 0 Å². The number of halogens is 1. The Morgan fingerprint density at radius 1 is 1.22 bits per heavy atom. The summed E-state index contributed by atoms with van der Waals surface area (Å²) in [4.78, 5) is 22.8. The number of fused-ring (bicyclic) bond motifs is 1. The monoisotopic (exact) mass is 367 g/mol. The molecule has 6 nitrogen and oxygen atoms in total. The molecule has 1 N–H and O–H groups in total. The van der Waals surface area contributed by atoms with Crippen LogP contribution in [0.25, 0.3) is 11.0 Å². The Morgan fingerprint density at radius 2 is 2.00 bits per heavy atom. The lowest BCUT2D eigenvalue weighted by Crippen LogP contribution is -2.44. The normalized spacial score (nSPS) is 15.3. The van der Waals surface area contributed by atoms with E-state index in [0.717, 1.165) is 35.9 Å². The quantitative estimate of drug-likeness (QED) is 0.771. The van der Waals surface area contributed by atoms with Gasteiger partial charge in [-0.25, -0.2) is 14.2 Å². The summed E-state index contributed by atoms with van der Waals surface area (Å²) in [6.07, 6.45) is 2.94. The van der Waals surface area contributed by atoms with Crippen molar-refractivity contribution in [3.05, 3.63) is 59.9 Å². The van der Waals surface area contributed by atoms with E-state index in [2.05, 4.69) is 25.9 Å². The fourth-order valence-corrected chi connectivity index (χ4v) is 3.74. The molecule has 0 unspecified atom stereocenters. The Bertz CT molecular complexity index is 945. The minimum atomic E-state index is -0.380. The molecule has 0 aliphatic carbocycles. The van der Waals surface area contributed by atoms with Gasteiger partial charge < -0.3 is 14.8 Å². The van der Waals surface area contributed by atoms with Gasteiger partial charge in [0.2, 0.25) is 0 Å². The van der Waals surface area contributed by atoms with Crippen molar-refractivity contribution in [2.24, 2.45) is 0 Å². The third-order valence-corrected chi connectivity index (χ3v) is 5.10. The number of nitrogens with zero attached hydrogens (tertiary/aromatic N) is 4. The van der Waals surface area contributed by atoms with Crippen LogP contribution < -0.4 is 5.32 Å². The fraction of sp³-hybridized carbons (Fsp3) is 0.350. The van der Waals surface area contributed by atoms with E-state index < -0.39 is 0 Å². The molecule has 0 radical (unpaired) electrons. The Labute approximate surface area is 157 Å². The molecule has 1 aromatic carbocycles. The predicted octanol–water partition coefficient (Wildman–Crippen LogP) is 3.43. The zero-order chi connectivity index (χ0) is 18.8. The molecule has 3 aromatic rings. The second-order valence-corrected chi connectivity index (χ2v) is 6.86. The van der Waals surface area contributed by atoms with Gasteiger partial charge in [0.15, 0.2) is 0 Å². The van der Waals surface area contributed by atoms with Crippen molar-refractivity contribution in [2.75, 3.05) is 13.1 Å². The number of pyridine rings is 1. The van der Waals surface area contributed by atoms with Gasteiger partial charge in [-0.1, -0.05) is 12.1 Å². The molecule has 1 aliphatic heterocycles. The summed E-state index contributed by atoms with van der Waals surface area (Å²) in [6, 6.07) is 11.3. The molecule has 1 saturated heterocycles. The van der Waals surface area contributed by atoms with Crippen molar-refractivity contribution in [1.82, 2.24) is 24.8 Å². The lowest BCUT2D eigenvalue weighted by molar-refractivity contribution is 0.171. The fourth-order valence-electron chi connectivity index (χ4n) is 3.74. The minimum Gasteiger partial charge on any atom is -0.332 e. The number of amides is 2. The summed E-state index contributed by atoms with van der Waals surface area (Å²) in [6.45, 7) is 3.72. The van der Waals surface area contributed by atoms with E-state index in [1.165, 1.54) is 6.07 Å². The Balaban J connectivity index is 1.36. The number of imidazole rings is 1. The van der Waals surface area contributed by atoms with E-state index in [9.17, 15) is 9.18 Å². The topological polar surface area (TPSA) is 63.1 Å². The largest absolute Gasteiger partial charge is 0.332 e. The van der Waals surface area contributed by atoms with Gasteiger partial charge in [-0.15, -0.1) is 0 Å². The van der Waals surface area contributed by atoms with Gasteiger partial charge in [0.05, 0.1) is 29.5 Å². The molecule has 1 aliphatic rings. The van der Waals surface area contributed by atoms with Gasteiger partial charge in [0.1, 0.15) is 11.6 Å². The SMILES string of the molecule is Cc1nc2ccccc2n1C1CCN(C(=O)NCc2ccc(F)cn2)CC1. The number of carbonyl (C=O) groups excluding carboxylic acids is 1. The van der Waals surface area contributed by atoms with Crippen LogP contribution >= 0.6 is 0 Å². The highest BCUT2D eigenvalue weighted by Gasteiger charge is 2.25. The molecule has 2 amide bonds. The highest BCUT2D eigenvalue weighted by molar-refractivity contribution is 5.76. The van der Waals surface area contributed by atoms with E-state index in [0.29, 0.717) is 31.4 Å². The number of rotatable bonds is 3. The summed E-state index contributed by atoms with van der Waals surface area (Å²) >= 11 is 0. The van der Waals surface area contributed by atoms with Crippen LogP contribution in [0.2, 0.25) is 0 Å². The maximum Gasteiger partial charge on any atom is 0.317 e. The summed E-state index contributed by atoms with van der Waals surface area (Å²) in [5.41, 5.74) is 2.81. The molecular weight excluding hydrogens is 345 g/mol. The average Bonchev–Trinajstić information content (AvgIpc) is 3.03. The highest BCUT2D eigenvalue weighted by atomic mass is 19.1. The number of urea groups is 1. The van der Waals surface area contributed by atoms with Gasteiger partial charge in [0.25, 0.3) is 0 Å². The number of nitrogens with one attached hydrogen (secondary N) is 1. The maximum absolute atomic E-state index is 12.9. The lowest BCUT2D eigenvalue weighted by Gasteiger charge is -2.33. The Morgan fingerprint density at radius 3 is 2.74 bits per heavy atom. The van der Waals surface area contributed by atoms with E-state index in [1.54, 1.807) is 6.07 Å². The van der Waals surface area contributed by atoms with Crippen LogP contribution in [0.4, 0.5) is 9.18 Å². The van der Waals surface area contributed by atoms with Crippen molar-refractivity contribution in [2.45, 2.75) is 32.4 Å². The first kappa shape index (κ1) is 17.5. The van der Waals surface area contributed by atoms with Crippen LogP contribution in [-0.2, 0) is 6.54 Å². The molecule has 0 atom stereocenters. The Kier molecular flexibility index (Phi) is 4.75. The van der Waals surface area contributed by atoms with Crippen LogP contribution in [0.15, 0.2) is 42.6 Å². The first-order chi connectivity index (χ1) is 13.1. The molecule has 27 heavy (non-hydrogen) atoms. The zero-order valence-electron chi connectivity index (χ0n) is 15.2. The van der Waals surface area contributed by atoms with Crippen molar-refractivity contribution >= 4 is 17.1 Å². The number of hydrogen-bond acceptors (Lipinski definition) is 3. The summed E-state index contributed by atoms with van der Waals surface area (Å²) in [5, 5.41) is 2.86. The molecule has 140 valence electrons. The number of aryl methyl sites for hydroxylation is 1. The van der Waals surface area contributed by atoms with Crippen molar-refractivity contribution in [1.29, 1.82) is 0 Å². The number of piperidine rings is 1.